The molecule has 0 saturated carbocycles. The Balaban J connectivity index is 1.79. The molecular weight excluding hydrogens is 252 g/mol. The minimum Gasteiger partial charge on any atom is -0.486 e. The molecular formula is C15H16N4O. The summed E-state index contributed by atoms with van der Waals surface area (Å²) < 4.78 is 7.84. The number of hydrogen-bond acceptors (Lipinski definition) is 4. The number of aromatic nitrogens is 2. The lowest BCUT2D eigenvalue weighted by Gasteiger charge is -2.18. The van der Waals surface area contributed by atoms with E-state index in [4.69, 9.17) is 10.00 Å². The van der Waals surface area contributed by atoms with E-state index in [-0.39, 0.29) is 0 Å². The molecule has 0 aliphatic carbocycles. The first-order valence-corrected chi connectivity index (χ1v) is 6.66. The number of nitrogens with one attached hydrogen (secondary N) is 1. The van der Waals surface area contributed by atoms with Gasteiger partial charge >= 0.3 is 0 Å². The highest BCUT2D eigenvalue weighted by molar-refractivity contribution is 5.30. The quantitative estimate of drug-likeness (QED) is 0.921. The van der Waals surface area contributed by atoms with Crippen molar-refractivity contribution in [3.63, 3.8) is 0 Å². The second kappa shape index (κ2) is 5.35. The van der Waals surface area contributed by atoms with E-state index >= 15 is 0 Å². The number of aryl methyl sites for hydroxylation is 1. The van der Waals surface area contributed by atoms with E-state index < -0.39 is 0 Å². The summed E-state index contributed by atoms with van der Waals surface area (Å²) in [6, 6.07) is 10.1. The maximum Gasteiger partial charge on any atom is 0.163 e. The zero-order valence-electron chi connectivity index (χ0n) is 11.4. The minimum absolute atomic E-state index is 0.387. The normalized spacial score (nSPS) is 13.6. The van der Waals surface area contributed by atoms with Gasteiger partial charge in [0.05, 0.1) is 5.69 Å². The number of fused-ring (bicyclic) bond motifs is 1. The molecule has 2 aromatic rings. The molecule has 0 radical (unpaired) electrons. The number of nitrogens with zero attached hydrogens (tertiary/aromatic N) is 3. The molecule has 0 fully saturated rings. The third-order valence-corrected chi connectivity index (χ3v) is 3.45. The van der Waals surface area contributed by atoms with E-state index in [1.54, 1.807) is 0 Å². The second-order valence-electron chi connectivity index (χ2n) is 4.87. The fourth-order valence-corrected chi connectivity index (χ4v) is 2.36. The fraction of sp³-hybridized carbons (Fsp3) is 0.333. The van der Waals surface area contributed by atoms with Crippen molar-refractivity contribution in [3.05, 3.63) is 47.0 Å². The summed E-state index contributed by atoms with van der Waals surface area (Å²) in [5.74, 6) is 1.64. The second-order valence-corrected chi connectivity index (χ2v) is 4.87. The van der Waals surface area contributed by atoms with Crippen molar-refractivity contribution < 1.29 is 4.74 Å². The van der Waals surface area contributed by atoms with Gasteiger partial charge in [-0.1, -0.05) is 17.7 Å². The van der Waals surface area contributed by atoms with Crippen LogP contribution >= 0.6 is 0 Å². The van der Waals surface area contributed by atoms with Crippen molar-refractivity contribution in [2.75, 3.05) is 6.54 Å². The van der Waals surface area contributed by atoms with Crippen LogP contribution in [-0.2, 0) is 19.7 Å². The van der Waals surface area contributed by atoms with Crippen molar-refractivity contribution in [1.29, 1.82) is 5.26 Å². The Bertz CT molecular complexity index is 652. The third-order valence-electron chi connectivity index (χ3n) is 3.45. The summed E-state index contributed by atoms with van der Waals surface area (Å²) in [5.41, 5.74) is 2.66. The summed E-state index contributed by atoms with van der Waals surface area (Å²) in [6.45, 7) is 4.85. The average molecular weight is 268 g/mol. The fourth-order valence-electron chi connectivity index (χ4n) is 2.36. The molecule has 3 rings (SSSR count). The molecule has 2 heterocycles. The minimum atomic E-state index is 0.387. The largest absolute Gasteiger partial charge is 0.486 e. The molecule has 0 amide bonds. The number of nitriles is 1. The van der Waals surface area contributed by atoms with Gasteiger partial charge in [0.2, 0.25) is 0 Å². The van der Waals surface area contributed by atoms with Gasteiger partial charge in [0.25, 0.3) is 0 Å². The lowest BCUT2D eigenvalue weighted by atomic mass is 10.2. The predicted octanol–water partition coefficient (Wildman–Crippen LogP) is 1.75. The standard InChI is InChI=1S/C15H16N4O/c1-11-2-4-12(5-3-11)20-10-15-18-13(8-16)14-9-17-6-7-19(14)15/h2-5,17H,6-7,9-10H2,1H3. The number of ether oxygens (including phenoxy) is 1. The van der Waals surface area contributed by atoms with Crippen LogP contribution in [0.4, 0.5) is 0 Å². The van der Waals surface area contributed by atoms with Crippen LogP contribution in [0.2, 0.25) is 0 Å². The lowest BCUT2D eigenvalue weighted by Crippen LogP contribution is -2.29. The Morgan fingerprint density at radius 1 is 1.40 bits per heavy atom. The van der Waals surface area contributed by atoms with Crippen LogP contribution in [0.25, 0.3) is 0 Å². The highest BCUT2D eigenvalue weighted by Gasteiger charge is 2.19. The molecule has 0 atom stereocenters. The molecule has 1 aliphatic rings. The lowest BCUT2D eigenvalue weighted by molar-refractivity contribution is 0.286. The van der Waals surface area contributed by atoms with E-state index in [0.29, 0.717) is 18.8 Å². The third kappa shape index (κ3) is 2.38. The zero-order chi connectivity index (χ0) is 13.9. The Labute approximate surface area is 117 Å². The van der Waals surface area contributed by atoms with Gasteiger partial charge in [0, 0.05) is 19.6 Å². The van der Waals surface area contributed by atoms with Gasteiger partial charge in [-0.2, -0.15) is 5.26 Å². The van der Waals surface area contributed by atoms with Crippen LogP contribution in [0.5, 0.6) is 5.75 Å². The van der Waals surface area contributed by atoms with Gasteiger partial charge in [-0.3, -0.25) is 0 Å². The van der Waals surface area contributed by atoms with Crippen LogP contribution in [0.3, 0.4) is 0 Å². The zero-order valence-corrected chi connectivity index (χ0v) is 11.4. The molecule has 5 nitrogen and oxygen atoms in total. The van der Waals surface area contributed by atoms with Crippen LogP contribution in [0.1, 0.15) is 22.8 Å². The van der Waals surface area contributed by atoms with E-state index in [2.05, 4.69) is 20.9 Å². The van der Waals surface area contributed by atoms with Crippen molar-refractivity contribution in [1.82, 2.24) is 14.9 Å². The summed E-state index contributed by atoms with van der Waals surface area (Å²) in [4.78, 5) is 4.38. The summed E-state index contributed by atoms with van der Waals surface area (Å²) in [7, 11) is 0. The molecule has 1 N–H and O–H groups in total. The molecule has 1 aromatic heterocycles. The molecule has 0 bridgehead atoms. The van der Waals surface area contributed by atoms with E-state index in [0.717, 1.165) is 30.4 Å². The molecule has 1 aliphatic heterocycles. The van der Waals surface area contributed by atoms with Crippen LogP contribution in [-0.4, -0.2) is 16.1 Å². The molecule has 1 aromatic carbocycles. The number of hydrogen-bond donors (Lipinski definition) is 1. The Morgan fingerprint density at radius 3 is 2.95 bits per heavy atom. The van der Waals surface area contributed by atoms with Crippen LogP contribution in [0.15, 0.2) is 24.3 Å². The molecule has 20 heavy (non-hydrogen) atoms. The molecule has 5 heteroatoms. The topological polar surface area (TPSA) is 62.9 Å². The van der Waals surface area contributed by atoms with Crippen LogP contribution in [0, 0.1) is 18.3 Å². The maximum absolute atomic E-state index is 9.13. The van der Waals surface area contributed by atoms with E-state index in [9.17, 15) is 0 Å². The highest BCUT2D eigenvalue weighted by Crippen LogP contribution is 2.17. The number of benzene rings is 1. The number of rotatable bonds is 3. The SMILES string of the molecule is Cc1ccc(OCc2nc(C#N)c3n2CCNC3)cc1. The van der Waals surface area contributed by atoms with E-state index in [1.165, 1.54) is 5.56 Å². The van der Waals surface area contributed by atoms with Gasteiger partial charge in [0.1, 0.15) is 24.3 Å². The molecule has 0 unspecified atom stereocenters. The maximum atomic E-state index is 9.13. The van der Waals surface area contributed by atoms with Crippen molar-refractivity contribution in [3.8, 4) is 11.8 Å². The summed E-state index contributed by atoms with van der Waals surface area (Å²) >= 11 is 0. The molecule has 0 spiro atoms. The summed E-state index contributed by atoms with van der Waals surface area (Å²) in [6.07, 6.45) is 0. The first-order chi connectivity index (χ1) is 9.78. The Kier molecular flexibility index (Phi) is 3.40. The Morgan fingerprint density at radius 2 is 2.20 bits per heavy atom. The summed E-state index contributed by atoms with van der Waals surface area (Å²) in [5, 5.41) is 12.4. The van der Waals surface area contributed by atoms with Crippen LogP contribution < -0.4 is 10.1 Å². The molecule has 102 valence electrons. The van der Waals surface area contributed by atoms with Crippen molar-refractivity contribution in [2.45, 2.75) is 26.6 Å². The monoisotopic (exact) mass is 268 g/mol. The predicted molar refractivity (Wildman–Crippen MR) is 74.2 cm³/mol. The first-order valence-electron chi connectivity index (χ1n) is 6.66. The average Bonchev–Trinajstić information content (AvgIpc) is 2.85. The smallest absolute Gasteiger partial charge is 0.163 e. The van der Waals surface area contributed by atoms with Gasteiger partial charge < -0.3 is 14.6 Å². The van der Waals surface area contributed by atoms with Gasteiger partial charge in [0.15, 0.2) is 5.69 Å². The van der Waals surface area contributed by atoms with Crippen molar-refractivity contribution >= 4 is 0 Å². The Hall–Kier alpha value is -2.32. The van der Waals surface area contributed by atoms with Crippen molar-refractivity contribution in [2.24, 2.45) is 0 Å². The number of imidazole rings is 1. The first kappa shape index (κ1) is 12.7. The van der Waals surface area contributed by atoms with Gasteiger partial charge in [-0.15, -0.1) is 0 Å². The highest BCUT2D eigenvalue weighted by atomic mass is 16.5. The van der Waals surface area contributed by atoms with Gasteiger partial charge in [-0.05, 0) is 19.1 Å². The van der Waals surface area contributed by atoms with Gasteiger partial charge in [-0.25, -0.2) is 4.98 Å². The van der Waals surface area contributed by atoms with E-state index in [1.807, 2.05) is 31.2 Å². The molecule has 0 saturated heterocycles.